The molecule has 0 aliphatic carbocycles. The molecule has 0 spiro atoms. The van der Waals surface area contributed by atoms with E-state index in [9.17, 15) is 4.79 Å². The molecule has 142 valence electrons. The van der Waals surface area contributed by atoms with Gasteiger partial charge in [0.25, 0.3) is 5.91 Å². The molecule has 0 unspecified atom stereocenters. The van der Waals surface area contributed by atoms with Crippen LogP contribution in [0.15, 0.2) is 24.3 Å². The third-order valence-corrected chi connectivity index (χ3v) is 5.22. The predicted octanol–water partition coefficient (Wildman–Crippen LogP) is 3.09. The second-order valence-corrected chi connectivity index (χ2v) is 7.33. The van der Waals surface area contributed by atoms with Crippen molar-refractivity contribution in [2.75, 3.05) is 30.4 Å². The lowest BCUT2D eigenvalue weighted by Crippen LogP contribution is -2.30. The summed E-state index contributed by atoms with van der Waals surface area (Å²) in [5, 5.41) is 14.6. The fraction of sp³-hybridized carbons (Fsp3) is 0.500. The first-order valence-corrected chi connectivity index (χ1v) is 10.1. The van der Waals surface area contributed by atoms with Crippen LogP contribution < -0.4 is 10.6 Å². The van der Waals surface area contributed by atoms with Crippen molar-refractivity contribution in [3.05, 3.63) is 41.2 Å². The molecule has 0 saturated carbocycles. The van der Waals surface area contributed by atoms with Crippen molar-refractivity contribution >= 4 is 35.8 Å². The zero-order chi connectivity index (χ0) is 17.6. The SMILES string of the molecule is CSCCc1ccc(NC(=O)c2nnn(C3CCNCC3)c2C)cc1.Cl. The molecule has 1 fully saturated rings. The Hall–Kier alpha value is -1.57. The zero-order valence-electron chi connectivity index (χ0n) is 15.2. The molecule has 1 aliphatic rings. The fourth-order valence-corrected chi connectivity index (χ4v) is 3.55. The Morgan fingerprint density at radius 1 is 1.31 bits per heavy atom. The van der Waals surface area contributed by atoms with Gasteiger partial charge in [-0.05, 0) is 69.0 Å². The summed E-state index contributed by atoms with van der Waals surface area (Å²) in [6.07, 6.45) is 5.18. The number of halogens is 1. The van der Waals surface area contributed by atoms with E-state index in [1.54, 1.807) is 0 Å². The number of aryl methyl sites for hydroxylation is 1. The van der Waals surface area contributed by atoms with Crippen LogP contribution >= 0.6 is 24.2 Å². The molecule has 1 aliphatic heterocycles. The number of carbonyl (C=O) groups is 1. The molecule has 1 aromatic heterocycles. The third kappa shape index (κ3) is 4.99. The van der Waals surface area contributed by atoms with Gasteiger partial charge in [-0.1, -0.05) is 17.3 Å². The van der Waals surface area contributed by atoms with Crippen molar-refractivity contribution < 1.29 is 4.79 Å². The summed E-state index contributed by atoms with van der Waals surface area (Å²) in [6.45, 7) is 3.88. The number of aromatic nitrogens is 3. The lowest BCUT2D eigenvalue weighted by molar-refractivity contribution is 0.102. The highest BCUT2D eigenvalue weighted by atomic mass is 35.5. The number of anilines is 1. The average Bonchev–Trinajstić information content (AvgIpc) is 3.03. The van der Waals surface area contributed by atoms with Crippen LogP contribution in [0.2, 0.25) is 0 Å². The van der Waals surface area contributed by atoms with Crippen molar-refractivity contribution in [3.63, 3.8) is 0 Å². The molecule has 0 radical (unpaired) electrons. The second kappa shape index (κ2) is 9.94. The van der Waals surface area contributed by atoms with Crippen LogP contribution in [-0.2, 0) is 6.42 Å². The van der Waals surface area contributed by atoms with Gasteiger partial charge in [0.05, 0.1) is 11.7 Å². The Balaban J connectivity index is 0.00000243. The normalized spacial score (nSPS) is 14.7. The van der Waals surface area contributed by atoms with Gasteiger partial charge in [0.2, 0.25) is 0 Å². The fourth-order valence-electron chi connectivity index (χ4n) is 3.11. The van der Waals surface area contributed by atoms with E-state index in [1.165, 1.54) is 5.56 Å². The first-order chi connectivity index (χ1) is 12.2. The Morgan fingerprint density at radius 2 is 2.00 bits per heavy atom. The first-order valence-electron chi connectivity index (χ1n) is 8.70. The Labute approximate surface area is 164 Å². The number of nitrogens with zero attached hydrogens (tertiary/aromatic N) is 3. The number of nitrogens with one attached hydrogen (secondary N) is 2. The van der Waals surface area contributed by atoms with E-state index in [-0.39, 0.29) is 18.3 Å². The number of amides is 1. The van der Waals surface area contributed by atoms with Gasteiger partial charge in [-0.2, -0.15) is 11.8 Å². The minimum atomic E-state index is -0.199. The van der Waals surface area contributed by atoms with E-state index in [4.69, 9.17) is 0 Å². The number of hydrogen-bond donors (Lipinski definition) is 2. The molecule has 2 heterocycles. The van der Waals surface area contributed by atoms with Gasteiger partial charge in [-0.3, -0.25) is 4.79 Å². The quantitative estimate of drug-likeness (QED) is 0.786. The average molecular weight is 396 g/mol. The van der Waals surface area contributed by atoms with Gasteiger partial charge in [0, 0.05) is 5.69 Å². The van der Waals surface area contributed by atoms with Gasteiger partial charge in [0.15, 0.2) is 5.69 Å². The predicted molar refractivity (Wildman–Crippen MR) is 110 cm³/mol. The minimum absolute atomic E-state index is 0. The molecule has 1 saturated heterocycles. The van der Waals surface area contributed by atoms with Gasteiger partial charge in [-0.25, -0.2) is 4.68 Å². The molecule has 26 heavy (non-hydrogen) atoms. The third-order valence-electron chi connectivity index (χ3n) is 4.60. The van der Waals surface area contributed by atoms with E-state index < -0.39 is 0 Å². The molecule has 1 amide bonds. The van der Waals surface area contributed by atoms with Gasteiger partial charge < -0.3 is 10.6 Å². The lowest BCUT2D eigenvalue weighted by Gasteiger charge is -2.23. The standard InChI is InChI=1S/C18H25N5OS.ClH/c1-13-17(21-22-23(13)16-7-10-19-11-8-16)18(24)20-15-5-3-14(4-6-15)9-12-25-2;/h3-6,16,19H,7-12H2,1-2H3,(H,20,24);1H. The largest absolute Gasteiger partial charge is 0.321 e. The van der Waals surface area contributed by atoms with Crippen LogP contribution in [0.4, 0.5) is 5.69 Å². The molecule has 2 aromatic rings. The maximum Gasteiger partial charge on any atom is 0.278 e. The first kappa shape index (κ1) is 20.7. The summed E-state index contributed by atoms with van der Waals surface area (Å²) in [7, 11) is 0. The van der Waals surface area contributed by atoms with Crippen LogP contribution in [0.1, 0.15) is 40.6 Å². The number of rotatable bonds is 6. The van der Waals surface area contributed by atoms with Crippen molar-refractivity contribution in [2.45, 2.75) is 32.2 Å². The van der Waals surface area contributed by atoms with Crippen molar-refractivity contribution in [2.24, 2.45) is 0 Å². The van der Waals surface area contributed by atoms with Crippen LogP contribution in [0.3, 0.4) is 0 Å². The summed E-state index contributed by atoms with van der Waals surface area (Å²) >= 11 is 1.83. The smallest absolute Gasteiger partial charge is 0.278 e. The Bertz CT molecular complexity index is 713. The molecule has 3 rings (SSSR count). The van der Waals surface area contributed by atoms with E-state index in [0.29, 0.717) is 11.7 Å². The number of piperidine rings is 1. The zero-order valence-corrected chi connectivity index (χ0v) is 16.8. The number of hydrogen-bond acceptors (Lipinski definition) is 5. The lowest BCUT2D eigenvalue weighted by atomic mass is 10.1. The van der Waals surface area contributed by atoms with E-state index in [1.807, 2.05) is 35.5 Å². The highest BCUT2D eigenvalue weighted by Gasteiger charge is 2.22. The summed E-state index contributed by atoms with van der Waals surface area (Å²) < 4.78 is 1.90. The van der Waals surface area contributed by atoms with Gasteiger partial charge >= 0.3 is 0 Å². The highest BCUT2D eigenvalue weighted by molar-refractivity contribution is 7.98. The molecular formula is C18H26ClN5OS. The summed E-state index contributed by atoms with van der Waals surface area (Å²) in [5.74, 6) is 0.902. The van der Waals surface area contributed by atoms with E-state index >= 15 is 0 Å². The van der Waals surface area contributed by atoms with Gasteiger partial charge in [0.1, 0.15) is 0 Å². The maximum absolute atomic E-state index is 12.5. The molecule has 1 aromatic carbocycles. The Kier molecular flexibility index (Phi) is 7.93. The molecule has 0 atom stereocenters. The Morgan fingerprint density at radius 3 is 2.65 bits per heavy atom. The minimum Gasteiger partial charge on any atom is -0.321 e. The van der Waals surface area contributed by atoms with Crippen molar-refractivity contribution in [1.82, 2.24) is 20.3 Å². The summed E-state index contributed by atoms with van der Waals surface area (Å²) in [4.78, 5) is 12.5. The number of thioether (sulfide) groups is 1. The van der Waals surface area contributed by atoms with Crippen LogP contribution in [0.5, 0.6) is 0 Å². The topological polar surface area (TPSA) is 71.8 Å². The van der Waals surface area contributed by atoms with E-state index in [0.717, 1.165) is 49.5 Å². The van der Waals surface area contributed by atoms with E-state index in [2.05, 4.69) is 39.3 Å². The molecule has 8 heteroatoms. The van der Waals surface area contributed by atoms with Crippen LogP contribution in [0, 0.1) is 6.92 Å². The second-order valence-electron chi connectivity index (χ2n) is 6.34. The summed E-state index contributed by atoms with van der Waals surface area (Å²) in [5.41, 5.74) is 3.31. The molecule has 0 bridgehead atoms. The van der Waals surface area contributed by atoms with Crippen LogP contribution in [-0.4, -0.2) is 46.0 Å². The maximum atomic E-state index is 12.5. The molecular weight excluding hydrogens is 370 g/mol. The van der Waals surface area contributed by atoms with Crippen molar-refractivity contribution in [1.29, 1.82) is 0 Å². The number of benzene rings is 1. The molecule has 2 N–H and O–H groups in total. The highest BCUT2D eigenvalue weighted by Crippen LogP contribution is 2.21. The van der Waals surface area contributed by atoms with Crippen molar-refractivity contribution in [3.8, 4) is 0 Å². The number of carbonyl (C=O) groups excluding carboxylic acids is 1. The monoisotopic (exact) mass is 395 g/mol. The molecule has 6 nitrogen and oxygen atoms in total. The van der Waals surface area contributed by atoms with Crippen LogP contribution in [0.25, 0.3) is 0 Å². The summed E-state index contributed by atoms with van der Waals surface area (Å²) in [6, 6.07) is 8.33. The van der Waals surface area contributed by atoms with Gasteiger partial charge in [-0.15, -0.1) is 17.5 Å².